The zero-order valence-corrected chi connectivity index (χ0v) is 14.5. The van der Waals surface area contributed by atoms with Crippen LogP contribution in [-0.2, 0) is 14.8 Å². The third-order valence-electron chi connectivity index (χ3n) is 4.29. The minimum Gasteiger partial charge on any atom is -0.478 e. The number of carboxylic acids is 1. The second-order valence-corrected chi connectivity index (χ2v) is 8.22. The summed E-state index contributed by atoms with van der Waals surface area (Å²) in [5.74, 6) is -2.30. The number of sulfonamides is 1. The molecule has 0 aromatic heterocycles. The maximum Gasteiger partial charge on any atom is 0.335 e. The van der Waals surface area contributed by atoms with E-state index < -0.39 is 27.8 Å². The van der Waals surface area contributed by atoms with Crippen LogP contribution >= 0.6 is 0 Å². The molecule has 1 atom stereocenters. The van der Waals surface area contributed by atoms with Crippen molar-refractivity contribution in [1.82, 2.24) is 4.31 Å². The summed E-state index contributed by atoms with van der Waals surface area (Å²) < 4.78 is 27.3. The van der Waals surface area contributed by atoms with Gasteiger partial charge >= 0.3 is 5.97 Å². The number of carbonyl (C=O) groups excluding carboxylic acids is 1. The van der Waals surface area contributed by atoms with E-state index in [0.717, 1.165) is 0 Å². The number of nitrogens with two attached hydrogens (primary N) is 1. The van der Waals surface area contributed by atoms with E-state index in [1.807, 2.05) is 13.8 Å². The molecular formula is C16H22N2O5S. The molecule has 0 aliphatic carbocycles. The van der Waals surface area contributed by atoms with Crippen LogP contribution in [0.1, 0.15) is 48.5 Å². The van der Waals surface area contributed by atoms with Gasteiger partial charge in [0.2, 0.25) is 15.9 Å². The van der Waals surface area contributed by atoms with Crippen molar-refractivity contribution >= 4 is 21.9 Å². The summed E-state index contributed by atoms with van der Waals surface area (Å²) in [6, 6.07) is 4.14. The third-order valence-corrected chi connectivity index (χ3v) is 6.21. The molecule has 2 rings (SSSR count). The number of carbonyl (C=O) groups is 2. The Balaban J connectivity index is 2.49. The minimum atomic E-state index is -3.90. The number of rotatable bonds is 5. The van der Waals surface area contributed by atoms with Crippen LogP contribution in [0.5, 0.6) is 0 Å². The molecule has 8 heteroatoms. The Kier molecular flexibility index (Phi) is 5.29. The Morgan fingerprint density at radius 3 is 2.54 bits per heavy atom. The number of primary amides is 1. The van der Waals surface area contributed by atoms with Gasteiger partial charge in [-0.1, -0.05) is 19.9 Å². The molecule has 3 N–H and O–H groups in total. The van der Waals surface area contributed by atoms with Crippen molar-refractivity contribution in [2.75, 3.05) is 13.1 Å². The van der Waals surface area contributed by atoms with Crippen molar-refractivity contribution in [3.05, 3.63) is 29.3 Å². The van der Waals surface area contributed by atoms with Crippen molar-refractivity contribution in [3.8, 4) is 0 Å². The lowest BCUT2D eigenvalue weighted by molar-refractivity contribution is -0.122. The molecule has 0 saturated carbocycles. The lowest BCUT2D eigenvalue weighted by Gasteiger charge is -2.31. The van der Waals surface area contributed by atoms with Gasteiger partial charge in [-0.15, -0.1) is 0 Å². The summed E-state index contributed by atoms with van der Waals surface area (Å²) >= 11 is 0. The summed E-state index contributed by atoms with van der Waals surface area (Å²) in [5.41, 5.74) is 5.79. The quantitative estimate of drug-likeness (QED) is 0.828. The van der Waals surface area contributed by atoms with Gasteiger partial charge in [0.1, 0.15) is 0 Å². The number of aromatic carboxylic acids is 1. The molecule has 1 aliphatic rings. The molecule has 0 bridgehead atoms. The van der Waals surface area contributed by atoms with Gasteiger partial charge < -0.3 is 10.8 Å². The van der Waals surface area contributed by atoms with Crippen LogP contribution in [0.25, 0.3) is 0 Å². The Bertz CT molecular complexity index is 758. The van der Waals surface area contributed by atoms with E-state index in [-0.39, 0.29) is 22.9 Å². The number of hydrogen-bond acceptors (Lipinski definition) is 4. The summed E-state index contributed by atoms with van der Waals surface area (Å²) in [6.07, 6.45) is 1.11. The average molecular weight is 354 g/mol. The van der Waals surface area contributed by atoms with E-state index in [1.165, 1.54) is 22.5 Å². The first kappa shape index (κ1) is 18.4. The van der Waals surface area contributed by atoms with Gasteiger partial charge in [0.25, 0.3) is 0 Å². The van der Waals surface area contributed by atoms with E-state index >= 15 is 0 Å². The summed E-state index contributed by atoms with van der Waals surface area (Å²) in [5, 5.41) is 9.16. The zero-order valence-electron chi connectivity index (χ0n) is 13.7. The van der Waals surface area contributed by atoms with Crippen molar-refractivity contribution in [2.24, 2.45) is 11.7 Å². The highest BCUT2D eigenvalue weighted by atomic mass is 32.2. The van der Waals surface area contributed by atoms with Crippen molar-refractivity contribution < 1.29 is 23.1 Å². The van der Waals surface area contributed by atoms with Crippen LogP contribution in [0.2, 0.25) is 0 Å². The SMILES string of the molecule is CC(C)c1ccc(C(=O)O)cc1S(=O)(=O)N1CCCC(C(N)=O)C1. The van der Waals surface area contributed by atoms with Crippen LogP contribution in [0.15, 0.2) is 23.1 Å². The van der Waals surface area contributed by atoms with Gasteiger partial charge in [0.15, 0.2) is 0 Å². The van der Waals surface area contributed by atoms with Crippen LogP contribution in [0.4, 0.5) is 0 Å². The molecule has 1 aromatic rings. The first-order chi connectivity index (χ1) is 11.1. The summed E-state index contributed by atoms with van der Waals surface area (Å²) in [6.45, 7) is 4.02. The second kappa shape index (κ2) is 6.90. The van der Waals surface area contributed by atoms with Gasteiger partial charge in [-0.25, -0.2) is 13.2 Å². The molecule has 1 aromatic carbocycles. The molecule has 24 heavy (non-hydrogen) atoms. The molecule has 1 aliphatic heterocycles. The van der Waals surface area contributed by atoms with Gasteiger partial charge in [-0.05, 0) is 36.5 Å². The molecule has 0 radical (unpaired) electrons. The normalized spacial score (nSPS) is 19.4. The molecule has 7 nitrogen and oxygen atoms in total. The van der Waals surface area contributed by atoms with Crippen LogP contribution in [-0.4, -0.2) is 42.8 Å². The van der Waals surface area contributed by atoms with E-state index in [1.54, 1.807) is 0 Å². The lowest BCUT2D eigenvalue weighted by Crippen LogP contribution is -2.44. The number of amides is 1. The van der Waals surface area contributed by atoms with Crippen LogP contribution in [0.3, 0.4) is 0 Å². The summed E-state index contributed by atoms with van der Waals surface area (Å²) in [4.78, 5) is 22.6. The molecule has 1 unspecified atom stereocenters. The topological polar surface area (TPSA) is 118 Å². The van der Waals surface area contributed by atoms with E-state index in [4.69, 9.17) is 10.8 Å². The number of benzene rings is 1. The van der Waals surface area contributed by atoms with Gasteiger partial charge in [-0.3, -0.25) is 4.79 Å². The predicted octanol–water partition coefficient (Wildman–Crippen LogP) is 1.39. The second-order valence-electron chi connectivity index (χ2n) is 6.32. The molecule has 0 spiro atoms. The zero-order chi connectivity index (χ0) is 18.1. The molecule has 1 fully saturated rings. The van der Waals surface area contributed by atoms with Crippen molar-refractivity contribution in [2.45, 2.75) is 37.5 Å². The minimum absolute atomic E-state index is 0.0116. The largest absolute Gasteiger partial charge is 0.478 e. The van der Waals surface area contributed by atoms with E-state index in [2.05, 4.69) is 0 Å². The highest BCUT2D eigenvalue weighted by Crippen LogP contribution is 2.30. The maximum absolute atomic E-state index is 13.0. The Morgan fingerprint density at radius 1 is 1.33 bits per heavy atom. The van der Waals surface area contributed by atoms with Crippen molar-refractivity contribution in [3.63, 3.8) is 0 Å². The predicted molar refractivity (Wildman–Crippen MR) is 88.2 cm³/mol. The number of piperidine rings is 1. The number of hydrogen-bond donors (Lipinski definition) is 2. The highest BCUT2D eigenvalue weighted by Gasteiger charge is 2.34. The Morgan fingerprint density at radius 2 is 2.00 bits per heavy atom. The van der Waals surface area contributed by atoms with Crippen molar-refractivity contribution in [1.29, 1.82) is 0 Å². The molecule has 1 amide bonds. The van der Waals surface area contributed by atoms with E-state index in [9.17, 15) is 18.0 Å². The molecule has 1 heterocycles. The smallest absolute Gasteiger partial charge is 0.335 e. The number of nitrogens with zero attached hydrogens (tertiary/aromatic N) is 1. The van der Waals surface area contributed by atoms with Crippen LogP contribution < -0.4 is 5.73 Å². The van der Waals surface area contributed by atoms with Gasteiger partial charge in [-0.2, -0.15) is 4.31 Å². The maximum atomic E-state index is 13.0. The monoisotopic (exact) mass is 354 g/mol. The third kappa shape index (κ3) is 3.59. The van der Waals surface area contributed by atoms with Crippen LogP contribution in [0, 0.1) is 5.92 Å². The fourth-order valence-corrected chi connectivity index (χ4v) is 4.80. The highest BCUT2D eigenvalue weighted by molar-refractivity contribution is 7.89. The average Bonchev–Trinajstić information content (AvgIpc) is 2.54. The van der Waals surface area contributed by atoms with E-state index in [0.29, 0.717) is 24.9 Å². The first-order valence-electron chi connectivity index (χ1n) is 7.81. The first-order valence-corrected chi connectivity index (χ1v) is 9.25. The lowest BCUT2D eigenvalue weighted by atomic mass is 9.99. The molecule has 1 saturated heterocycles. The Labute approximate surface area is 141 Å². The fourth-order valence-electron chi connectivity index (χ4n) is 2.90. The van der Waals surface area contributed by atoms with Gasteiger partial charge in [0, 0.05) is 13.1 Å². The molecule has 132 valence electrons. The molecular weight excluding hydrogens is 332 g/mol. The summed E-state index contributed by atoms with van der Waals surface area (Å²) in [7, 11) is -3.90. The van der Waals surface area contributed by atoms with Gasteiger partial charge in [0.05, 0.1) is 16.4 Å². The standard InChI is InChI=1S/C16H22N2O5S/c1-10(2)13-6-5-11(16(20)21)8-14(13)24(22,23)18-7-3-4-12(9-18)15(17)19/h5-6,8,10,12H,3-4,7,9H2,1-2H3,(H2,17,19)(H,20,21). The Hall–Kier alpha value is -1.93. The fraction of sp³-hybridized carbons (Fsp3) is 0.500. The number of carboxylic acid groups (broad SMARTS) is 1.